The Kier molecular flexibility index (Phi) is 4.29. The van der Waals surface area contributed by atoms with Crippen LogP contribution >= 0.6 is 15.9 Å². The summed E-state index contributed by atoms with van der Waals surface area (Å²) in [4.78, 5) is 4.10. The lowest BCUT2D eigenvalue weighted by molar-refractivity contribution is 0.572. The SMILES string of the molecule is C[C@@H](NCc1cccnc1)c1ccccc1Br. The number of hydrogen-bond donors (Lipinski definition) is 1. The minimum Gasteiger partial charge on any atom is -0.306 e. The predicted octanol–water partition coefficient (Wildman–Crippen LogP) is 3.69. The zero-order valence-electron chi connectivity index (χ0n) is 9.73. The van der Waals surface area contributed by atoms with Gasteiger partial charge in [0.15, 0.2) is 0 Å². The molecule has 2 nitrogen and oxygen atoms in total. The van der Waals surface area contributed by atoms with Crippen LogP contribution in [-0.4, -0.2) is 4.98 Å². The fraction of sp³-hybridized carbons (Fsp3) is 0.214. The standard InChI is InChI=1S/C14H15BrN2/c1-11(13-6-2-3-7-14(13)15)17-10-12-5-4-8-16-9-12/h2-9,11,17H,10H2,1H3/t11-/m1/s1. The Bertz CT molecular complexity index is 471. The Morgan fingerprint density at radius 1 is 1.24 bits per heavy atom. The highest BCUT2D eigenvalue weighted by atomic mass is 79.9. The van der Waals surface area contributed by atoms with Crippen molar-refractivity contribution in [1.82, 2.24) is 10.3 Å². The highest BCUT2D eigenvalue weighted by Crippen LogP contribution is 2.22. The van der Waals surface area contributed by atoms with E-state index in [-0.39, 0.29) is 0 Å². The van der Waals surface area contributed by atoms with E-state index in [1.807, 2.05) is 18.3 Å². The Morgan fingerprint density at radius 3 is 2.76 bits per heavy atom. The average Bonchev–Trinajstić information content (AvgIpc) is 2.38. The van der Waals surface area contributed by atoms with Gasteiger partial charge in [-0.25, -0.2) is 0 Å². The van der Waals surface area contributed by atoms with Crippen molar-refractivity contribution in [3.05, 3.63) is 64.4 Å². The van der Waals surface area contributed by atoms with Gasteiger partial charge in [0.25, 0.3) is 0 Å². The zero-order chi connectivity index (χ0) is 12.1. The molecular weight excluding hydrogens is 276 g/mol. The third-order valence-electron chi connectivity index (χ3n) is 2.71. The van der Waals surface area contributed by atoms with Gasteiger partial charge in [-0.1, -0.05) is 40.2 Å². The van der Waals surface area contributed by atoms with Crippen molar-refractivity contribution in [2.75, 3.05) is 0 Å². The Hall–Kier alpha value is -1.19. The summed E-state index contributed by atoms with van der Waals surface area (Å²) in [6, 6.07) is 12.6. The molecule has 0 radical (unpaired) electrons. The lowest BCUT2D eigenvalue weighted by Gasteiger charge is -2.15. The minimum absolute atomic E-state index is 0.311. The number of hydrogen-bond acceptors (Lipinski definition) is 2. The van der Waals surface area contributed by atoms with Crippen LogP contribution in [0.15, 0.2) is 53.3 Å². The number of pyridine rings is 1. The van der Waals surface area contributed by atoms with Gasteiger partial charge in [-0.15, -0.1) is 0 Å². The van der Waals surface area contributed by atoms with E-state index in [1.165, 1.54) is 11.1 Å². The van der Waals surface area contributed by atoms with E-state index in [1.54, 1.807) is 6.20 Å². The molecule has 1 N–H and O–H groups in total. The number of benzene rings is 1. The quantitative estimate of drug-likeness (QED) is 0.929. The van der Waals surface area contributed by atoms with E-state index in [2.05, 4.69) is 57.4 Å². The van der Waals surface area contributed by atoms with Gasteiger partial charge in [-0.2, -0.15) is 0 Å². The first-order valence-electron chi connectivity index (χ1n) is 5.64. The average molecular weight is 291 g/mol. The Balaban J connectivity index is 1.99. The van der Waals surface area contributed by atoms with Crippen LogP contribution in [0.1, 0.15) is 24.1 Å². The number of rotatable bonds is 4. The van der Waals surface area contributed by atoms with Crippen molar-refractivity contribution < 1.29 is 0 Å². The molecular formula is C14H15BrN2. The third-order valence-corrected chi connectivity index (χ3v) is 3.43. The normalized spacial score (nSPS) is 12.4. The van der Waals surface area contributed by atoms with Crippen molar-refractivity contribution in [2.24, 2.45) is 0 Å². The monoisotopic (exact) mass is 290 g/mol. The molecule has 0 aliphatic carbocycles. The van der Waals surface area contributed by atoms with Crippen molar-refractivity contribution in [3.8, 4) is 0 Å². The summed E-state index contributed by atoms with van der Waals surface area (Å²) in [5.41, 5.74) is 2.47. The number of halogens is 1. The minimum atomic E-state index is 0.311. The lowest BCUT2D eigenvalue weighted by Crippen LogP contribution is -2.18. The van der Waals surface area contributed by atoms with E-state index in [0.717, 1.165) is 11.0 Å². The van der Waals surface area contributed by atoms with Crippen LogP contribution in [0.3, 0.4) is 0 Å². The highest BCUT2D eigenvalue weighted by Gasteiger charge is 2.07. The third kappa shape index (κ3) is 3.38. The molecule has 1 heterocycles. The molecule has 0 amide bonds. The van der Waals surface area contributed by atoms with Crippen LogP contribution in [0.4, 0.5) is 0 Å². The first-order valence-corrected chi connectivity index (χ1v) is 6.43. The van der Waals surface area contributed by atoms with Gasteiger partial charge in [-0.05, 0) is 30.2 Å². The van der Waals surface area contributed by atoms with E-state index >= 15 is 0 Å². The van der Waals surface area contributed by atoms with Gasteiger partial charge in [0.1, 0.15) is 0 Å². The topological polar surface area (TPSA) is 24.9 Å². The smallest absolute Gasteiger partial charge is 0.0312 e. The van der Waals surface area contributed by atoms with Crippen LogP contribution in [0.5, 0.6) is 0 Å². The summed E-state index contributed by atoms with van der Waals surface area (Å²) in [6.07, 6.45) is 3.68. The summed E-state index contributed by atoms with van der Waals surface area (Å²) in [6.45, 7) is 2.99. The van der Waals surface area contributed by atoms with E-state index < -0.39 is 0 Å². The number of nitrogens with one attached hydrogen (secondary N) is 1. The molecule has 0 saturated carbocycles. The molecule has 0 aliphatic heterocycles. The summed E-state index contributed by atoms with van der Waals surface area (Å²) >= 11 is 3.57. The second kappa shape index (κ2) is 5.94. The molecule has 1 aromatic heterocycles. The first kappa shape index (κ1) is 12.3. The second-order valence-electron chi connectivity index (χ2n) is 3.99. The largest absolute Gasteiger partial charge is 0.306 e. The van der Waals surface area contributed by atoms with Crippen LogP contribution in [0, 0.1) is 0 Å². The van der Waals surface area contributed by atoms with Crippen molar-refractivity contribution >= 4 is 15.9 Å². The van der Waals surface area contributed by atoms with Gasteiger partial charge in [0.05, 0.1) is 0 Å². The van der Waals surface area contributed by atoms with Crippen LogP contribution in [0.2, 0.25) is 0 Å². The highest BCUT2D eigenvalue weighted by molar-refractivity contribution is 9.10. The lowest BCUT2D eigenvalue weighted by atomic mass is 10.1. The maximum atomic E-state index is 4.10. The summed E-state index contributed by atoms with van der Waals surface area (Å²) < 4.78 is 1.14. The molecule has 0 saturated heterocycles. The van der Waals surface area contributed by atoms with E-state index in [9.17, 15) is 0 Å². The van der Waals surface area contributed by atoms with Gasteiger partial charge in [-0.3, -0.25) is 4.98 Å². The fourth-order valence-corrected chi connectivity index (χ4v) is 2.34. The maximum absolute atomic E-state index is 4.10. The molecule has 0 aliphatic rings. The second-order valence-corrected chi connectivity index (χ2v) is 4.84. The van der Waals surface area contributed by atoms with Crippen LogP contribution in [0.25, 0.3) is 0 Å². The van der Waals surface area contributed by atoms with Crippen LogP contribution < -0.4 is 5.32 Å². The molecule has 1 aromatic carbocycles. The Morgan fingerprint density at radius 2 is 2.06 bits per heavy atom. The molecule has 17 heavy (non-hydrogen) atoms. The fourth-order valence-electron chi connectivity index (χ4n) is 1.71. The molecule has 0 unspecified atom stereocenters. The molecule has 1 atom stereocenters. The molecule has 0 bridgehead atoms. The van der Waals surface area contributed by atoms with Gasteiger partial charge < -0.3 is 5.32 Å². The predicted molar refractivity (Wildman–Crippen MR) is 73.6 cm³/mol. The van der Waals surface area contributed by atoms with E-state index in [0.29, 0.717) is 6.04 Å². The zero-order valence-corrected chi connectivity index (χ0v) is 11.3. The molecule has 2 aromatic rings. The van der Waals surface area contributed by atoms with Gasteiger partial charge >= 0.3 is 0 Å². The van der Waals surface area contributed by atoms with Crippen molar-refractivity contribution in [1.29, 1.82) is 0 Å². The molecule has 88 valence electrons. The molecule has 3 heteroatoms. The molecule has 0 spiro atoms. The maximum Gasteiger partial charge on any atom is 0.0312 e. The summed E-state index contributed by atoms with van der Waals surface area (Å²) in [7, 11) is 0. The summed E-state index contributed by atoms with van der Waals surface area (Å²) in [5.74, 6) is 0. The van der Waals surface area contributed by atoms with Crippen LogP contribution in [-0.2, 0) is 6.54 Å². The molecule has 2 rings (SSSR count). The summed E-state index contributed by atoms with van der Waals surface area (Å²) in [5, 5.41) is 3.49. The van der Waals surface area contributed by atoms with Crippen molar-refractivity contribution in [3.63, 3.8) is 0 Å². The number of nitrogens with zero attached hydrogens (tertiary/aromatic N) is 1. The Labute approximate surface area is 110 Å². The number of aromatic nitrogens is 1. The first-order chi connectivity index (χ1) is 8.27. The van der Waals surface area contributed by atoms with Gasteiger partial charge in [0.2, 0.25) is 0 Å². The van der Waals surface area contributed by atoms with E-state index in [4.69, 9.17) is 0 Å². The molecule has 0 fully saturated rings. The van der Waals surface area contributed by atoms with Gasteiger partial charge in [0, 0.05) is 29.5 Å². The van der Waals surface area contributed by atoms with Crippen molar-refractivity contribution in [2.45, 2.75) is 19.5 Å².